The van der Waals surface area contributed by atoms with Crippen LogP contribution < -0.4 is 10.6 Å². The fraction of sp³-hybridized carbons (Fsp3) is 0.471. The lowest BCUT2D eigenvalue weighted by Gasteiger charge is -2.27. The van der Waals surface area contributed by atoms with Gasteiger partial charge < -0.3 is 10.6 Å². The number of thiophene rings is 1. The zero-order valence-corrected chi connectivity index (χ0v) is 14.2. The van der Waals surface area contributed by atoms with Crippen LogP contribution in [0.2, 0.25) is 0 Å². The number of aromatic nitrogens is 1. The molecule has 0 fully saturated rings. The molecule has 21 heavy (non-hydrogen) atoms. The first kappa shape index (κ1) is 16.0. The van der Waals surface area contributed by atoms with Gasteiger partial charge >= 0.3 is 0 Å². The van der Waals surface area contributed by atoms with E-state index in [1.165, 1.54) is 16.0 Å². The molecule has 2 heterocycles. The highest BCUT2D eigenvalue weighted by molar-refractivity contribution is 7.09. The number of hydrogen-bond acceptors (Lipinski definition) is 4. The van der Waals surface area contributed by atoms with E-state index < -0.39 is 0 Å². The number of hydrogen-bond donors (Lipinski definition) is 1. The van der Waals surface area contributed by atoms with E-state index in [1.807, 2.05) is 24.5 Å². The molecule has 0 aliphatic carbocycles. The predicted octanol–water partition coefficient (Wildman–Crippen LogP) is 3.41. The average molecular weight is 303 g/mol. The average Bonchev–Trinajstić information content (AvgIpc) is 2.90. The van der Waals surface area contributed by atoms with Crippen molar-refractivity contribution in [3.63, 3.8) is 0 Å². The van der Waals surface area contributed by atoms with Gasteiger partial charge in [0.25, 0.3) is 0 Å². The lowest BCUT2D eigenvalue weighted by atomic mass is 10.1. The van der Waals surface area contributed by atoms with Crippen LogP contribution >= 0.6 is 11.3 Å². The van der Waals surface area contributed by atoms with Crippen molar-refractivity contribution >= 4 is 17.2 Å². The highest BCUT2D eigenvalue weighted by atomic mass is 32.1. The van der Waals surface area contributed by atoms with Crippen molar-refractivity contribution in [2.75, 3.05) is 11.9 Å². The maximum Gasteiger partial charge on any atom is 0.131 e. The van der Waals surface area contributed by atoms with Crippen LogP contribution in [0.4, 0.5) is 5.82 Å². The van der Waals surface area contributed by atoms with Crippen LogP contribution in [0.1, 0.15) is 29.9 Å². The van der Waals surface area contributed by atoms with Gasteiger partial charge in [-0.1, -0.05) is 12.1 Å². The third kappa shape index (κ3) is 4.29. The third-order valence-electron chi connectivity index (χ3n) is 3.74. The Labute approximate surface area is 131 Å². The summed E-state index contributed by atoms with van der Waals surface area (Å²) in [6.45, 7) is 6.40. The molecule has 0 saturated heterocycles. The summed E-state index contributed by atoms with van der Waals surface area (Å²) in [5.74, 6) is 1.06. The second-order valence-corrected chi connectivity index (χ2v) is 6.94. The SMILES string of the molecule is Cc1cc(CC(C)N)cnc1N(C)C(C)Cc1cccs1. The molecule has 2 aromatic heterocycles. The van der Waals surface area contributed by atoms with Crippen LogP contribution in [0, 0.1) is 6.92 Å². The van der Waals surface area contributed by atoms with Crippen molar-refractivity contribution in [2.45, 2.75) is 45.7 Å². The quantitative estimate of drug-likeness (QED) is 0.889. The van der Waals surface area contributed by atoms with Crippen molar-refractivity contribution < 1.29 is 0 Å². The fourth-order valence-corrected chi connectivity index (χ4v) is 3.37. The molecule has 0 aliphatic heterocycles. The maximum atomic E-state index is 5.86. The highest BCUT2D eigenvalue weighted by Gasteiger charge is 2.15. The Hall–Kier alpha value is -1.39. The van der Waals surface area contributed by atoms with Crippen LogP contribution in [0.3, 0.4) is 0 Å². The number of rotatable bonds is 6. The Bertz CT molecular complexity index is 563. The molecular weight excluding hydrogens is 278 g/mol. The normalized spacial score (nSPS) is 14.0. The number of pyridine rings is 1. The zero-order valence-electron chi connectivity index (χ0n) is 13.3. The van der Waals surface area contributed by atoms with E-state index in [1.54, 1.807) is 0 Å². The molecule has 0 saturated carbocycles. The molecule has 2 unspecified atom stereocenters. The minimum absolute atomic E-state index is 0.174. The molecule has 0 aromatic carbocycles. The minimum atomic E-state index is 0.174. The molecule has 0 amide bonds. The van der Waals surface area contributed by atoms with Gasteiger partial charge in [0.05, 0.1) is 0 Å². The van der Waals surface area contributed by atoms with E-state index in [2.05, 4.69) is 54.4 Å². The first-order chi connectivity index (χ1) is 9.97. The predicted molar refractivity (Wildman–Crippen MR) is 92.2 cm³/mol. The Morgan fingerprint density at radius 1 is 1.33 bits per heavy atom. The van der Waals surface area contributed by atoms with Gasteiger partial charge in [-0.15, -0.1) is 11.3 Å². The molecule has 0 aliphatic rings. The first-order valence-electron chi connectivity index (χ1n) is 7.43. The van der Waals surface area contributed by atoms with Gasteiger partial charge in [0.2, 0.25) is 0 Å². The van der Waals surface area contributed by atoms with Crippen LogP contribution in [0.25, 0.3) is 0 Å². The van der Waals surface area contributed by atoms with E-state index in [-0.39, 0.29) is 6.04 Å². The van der Waals surface area contributed by atoms with Crippen molar-refractivity contribution in [2.24, 2.45) is 5.73 Å². The van der Waals surface area contributed by atoms with Gasteiger partial charge in [0.1, 0.15) is 5.82 Å². The van der Waals surface area contributed by atoms with Crippen molar-refractivity contribution in [3.05, 3.63) is 45.8 Å². The molecule has 4 heteroatoms. The number of nitrogens with two attached hydrogens (primary N) is 1. The summed E-state index contributed by atoms with van der Waals surface area (Å²) in [6, 6.07) is 7.11. The topological polar surface area (TPSA) is 42.1 Å². The summed E-state index contributed by atoms with van der Waals surface area (Å²) in [7, 11) is 2.12. The van der Waals surface area contributed by atoms with Crippen molar-refractivity contribution in [1.82, 2.24) is 4.98 Å². The van der Waals surface area contributed by atoms with Gasteiger partial charge in [0, 0.05) is 36.6 Å². The number of nitrogens with zero attached hydrogens (tertiary/aromatic N) is 2. The molecule has 2 N–H and O–H groups in total. The van der Waals surface area contributed by atoms with Crippen LogP contribution in [-0.2, 0) is 12.8 Å². The van der Waals surface area contributed by atoms with Gasteiger partial charge in [-0.05, 0) is 49.8 Å². The fourth-order valence-electron chi connectivity index (χ4n) is 2.54. The van der Waals surface area contributed by atoms with E-state index in [4.69, 9.17) is 5.73 Å². The second kappa shape index (κ2) is 7.05. The van der Waals surface area contributed by atoms with E-state index in [0.29, 0.717) is 6.04 Å². The monoisotopic (exact) mass is 303 g/mol. The summed E-state index contributed by atoms with van der Waals surface area (Å²) in [5.41, 5.74) is 8.29. The Morgan fingerprint density at radius 2 is 2.10 bits per heavy atom. The van der Waals surface area contributed by atoms with Crippen LogP contribution in [0.15, 0.2) is 29.8 Å². The first-order valence-corrected chi connectivity index (χ1v) is 8.31. The molecular formula is C17H25N3S. The lowest BCUT2D eigenvalue weighted by Crippen LogP contribution is -2.32. The molecule has 114 valence electrons. The molecule has 0 spiro atoms. The smallest absolute Gasteiger partial charge is 0.131 e. The van der Waals surface area contributed by atoms with Gasteiger partial charge in [-0.25, -0.2) is 4.98 Å². The molecule has 3 nitrogen and oxygen atoms in total. The van der Waals surface area contributed by atoms with Crippen molar-refractivity contribution in [1.29, 1.82) is 0 Å². The largest absolute Gasteiger partial charge is 0.356 e. The van der Waals surface area contributed by atoms with Gasteiger partial charge in [-0.2, -0.15) is 0 Å². The molecule has 2 aromatic rings. The Kier molecular flexibility index (Phi) is 5.37. The summed E-state index contributed by atoms with van der Waals surface area (Å²) >= 11 is 1.82. The van der Waals surface area contributed by atoms with E-state index in [0.717, 1.165) is 18.7 Å². The molecule has 0 radical (unpaired) electrons. The molecule has 2 rings (SSSR count). The zero-order chi connectivity index (χ0) is 15.4. The molecule has 2 atom stereocenters. The maximum absolute atomic E-state index is 5.86. The highest BCUT2D eigenvalue weighted by Crippen LogP contribution is 2.22. The van der Waals surface area contributed by atoms with E-state index in [9.17, 15) is 0 Å². The second-order valence-electron chi connectivity index (χ2n) is 5.91. The van der Waals surface area contributed by atoms with Crippen molar-refractivity contribution in [3.8, 4) is 0 Å². The number of aryl methyl sites for hydroxylation is 1. The third-order valence-corrected chi connectivity index (χ3v) is 4.64. The van der Waals surface area contributed by atoms with Gasteiger partial charge in [-0.3, -0.25) is 0 Å². The Morgan fingerprint density at radius 3 is 2.67 bits per heavy atom. The molecule has 0 bridgehead atoms. The summed E-state index contributed by atoms with van der Waals surface area (Å²) in [6.07, 6.45) is 3.89. The summed E-state index contributed by atoms with van der Waals surface area (Å²) < 4.78 is 0. The Balaban J connectivity index is 2.09. The number of anilines is 1. The number of likely N-dealkylation sites (N-methyl/N-ethyl adjacent to an activating group) is 1. The van der Waals surface area contributed by atoms with Crippen LogP contribution in [-0.4, -0.2) is 24.1 Å². The summed E-state index contributed by atoms with van der Waals surface area (Å²) in [4.78, 5) is 8.34. The summed E-state index contributed by atoms with van der Waals surface area (Å²) in [5, 5.41) is 2.13. The lowest BCUT2D eigenvalue weighted by molar-refractivity contribution is 0.676. The van der Waals surface area contributed by atoms with Gasteiger partial charge in [0.15, 0.2) is 0 Å². The van der Waals surface area contributed by atoms with Crippen LogP contribution in [0.5, 0.6) is 0 Å². The van der Waals surface area contributed by atoms with E-state index >= 15 is 0 Å². The standard InChI is InChI=1S/C17H25N3S/c1-12-8-15(9-13(2)18)11-19-17(12)20(4)14(3)10-16-6-5-7-21-16/h5-8,11,13-14H,9-10,18H2,1-4H3. The minimum Gasteiger partial charge on any atom is -0.356 e.